The molecule has 0 aliphatic heterocycles. The number of alkyl carbamates (subject to hydrolysis) is 1. The number of carbonyl (C=O) groups is 3. The van der Waals surface area contributed by atoms with E-state index in [4.69, 9.17) is 14.6 Å². The maximum absolute atomic E-state index is 13.1. The van der Waals surface area contributed by atoms with Crippen LogP contribution < -0.4 is 10.6 Å². The minimum Gasteiger partial charge on any atom is -0.480 e. The van der Waals surface area contributed by atoms with Crippen molar-refractivity contribution in [1.29, 1.82) is 0 Å². The van der Waals surface area contributed by atoms with E-state index in [9.17, 15) is 14.4 Å². The van der Waals surface area contributed by atoms with Gasteiger partial charge in [0.05, 0.1) is 6.61 Å². The van der Waals surface area contributed by atoms with Gasteiger partial charge in [0.15, 0.2) is 0 Å². The first-order chi connectivity index (χ1) is 16.9. The molecule has 4 rings (SSSR count). The SMILES string of the molecule is CC1CCCC(NC(=O)OCC2c3ccccc3-c3ccccc32)(C(=O)NCCOCC(=O)O)C1. The Morgan fingerprint density at radius 2 is 1.71 bits per heavy atom. The van der Waals surface area contributed by atoms with Crippen molar-refractivity contribution in [2.24, 2.45) is 5.92 Å². The lowest BCUT2D eigenvalue weighted by Crippen LogP contribution is -2.61. The maximum atomic E-state index is 13.1. The molecule has 2 aromatic rings. The third kappa shape index (κ3) is 5.65. The third-order valence-electron chi connectivity index (χ3n) is 6.87. The first-order valence-corrected chi connectivity index (χ1v) is 12.1. The van der Waals surface area contributed by atoms with Crippen LogP contribution in [0.1, 0.15) is 49.7 Å². The summed E-state index contributed by atoms with van der Waals surface area (Å²) in [5.74, 6) is -1.15. The van der Waals surface area contributed by atoms with Crippen molar-refractivity contribution in [1.82, 2.24) is 10.6 Å². The zero-order chi connectivity index (χ0) is 24.8. The van der Waals surface area contributed by atoms with Gasteiger partial charge >= 0.3 is 12.1 Å². The number of fused-ring (bicyclic) bond motifs is 3. The fraction of sp³-hybridized carbons (Fsp3) is 0.444. The predicted octanol–water partition coefficient (Wildman–Crippen LogP) is 3.69. The summed E-state index contributed by atoms with van der Waals surface area (Å²) in [6, 6.07) is 16.3. The summed E-state index contributed by atoms with van der Waals surface area (Å²) >= 11 is 0. The van der Waals surface area contributed by atoms with Gasteiger partial charge in [-0.3, -0.25) is 4.79 Å². The van der Waals surface area contributed by atoms with Crippen molar-refractivity contribution in [3.63, 3.8) is 0 Å². The number of aliphatic carboxylic acids is 1. The van der Waals surface area contributed by atoms with E-state index in [2.05, 4.69) is 41.8 Å². The van der Waals surface area contributed by atoms with Gasteiger partial charge in [0.1, 0.15) is 18.8 Å². The van der Waals surface area contributed by atoms with Gasteiger partial charge in [0, 0.05) is 12.5 Å². The molecule has 2 aliphatic rings. The van der Waals surface area contributed by atoms with E-state index in [1.54, 1.807) is 0 Å². The highest BCUT2D eigenvalue weighted by Gasteiger charge is 2.43. The minimum absolute atomic E-state index is 0.0606. The molecule has 0 saturated heterocycles. The minimum atomic E-state index is -1.06. The van der Waals surface area contributed by atoms with Crippen LogP contribution in [0.5, 0.6) is 0 Å². The van der Waals surface area contributed by atoms with E-state index in [0.29, 0.717) is 12.8 Å². The Bertz CT molecular complexity index is 1040. The summed E-state index contributed by atoms with van der Waals surface area (Å²) in [4.78, 5) is 36.7. The Balaban J connectivity index is 1.40. The van der Waals surface area contributed by atoms with Gasteiger partial charge in [0.25, 0.3) is 0 Å². The number of benzene rings is 2. The highest BCUT2D eigenvalue weighted by Crippen LogP contribution is 2.44. The van der Waals surface area contributed by atoms with Crippen LogP contribution in [-0.4, -0.2) is 55.0 Å². The maximum Gasteiger partial charge on any atom is 0.408 e. The van der Waals surface area contributed by atoms with Gasteiger partial charge in [-0.2, -0.15) is 0 Å². The van der Waals surface area contributed by atoms with Crippen LogP contribution >= 0.6 is 0 Å². The van der Waals surface area contributed by atoms with E-state index in [-0.39, 0.29) is 37.5 Å². The molecule has 1 fully saturated rings. The predicted molar refractivity (Wildman–Crippen MR) is 130 cm³/mol. The molecule has 0 bridgehead atoms. The zero-order valence-electron chi connectivity index (χ0n) is 19.9. The van der Waals surface area contributed by atoms with Crippen LogP contribution in [-0.2, 0) is 19.1 Å². The Morgan fingerprint density at radius 1 is 1.06 bits per heavy atom. The molecule has 2 atom stereocenters. The monoisotopic (exact) mass is 480 g/mol. The highest BCUT2D eigenvalue weighted by atomic mass is 16.5. The first kappa shape index (κ1) is 24.7. The average molecular weight is 481 g/mol. The fourth-order valence-corrected chi connectivity index (χ4v) is 5.32. The molecule has 2 amide bonds. The highest BCUT2D eigenvalue weighted by molar-refractivity contribution is 5.90. The van der Waals surface area contributed by atoms with Gasteiger partial charge in [-0.15, -0.1) is 0 Å². The van der Waals surface area contributed by atoms with Crippen LogP contribution in [0.15, 0.2) is 48.5 Å². The molecule has 2 aromatic carbocycles. The molecule has 186 valence electrons. The largest absolute Gasteiger partial charge is 0.480 e. The van der Waals surface area contributed by atoms with Gasteiger partial charge in [-0.25, -0.2) is 9.59 Å². The number of hydrogen-bond donors (Lipinski definition) is 3. The molecule has 8 nitrogen and oxygen atoms in total. The molecule has 0 aromatic heterocycles. The summed E-state index contributed by atoms with van der Waals surface area (Å²) in [6.45, 7) is 2.06. The molecule has 8 heteroatoms. The van der Waals surface area contributed by atoms with Crippen molar-refractivity contribution in [2.75, 3.05) is 26.4 Å². The second-order valence-corrected chi connectivity index (χ2v) is 9.44. The van der Waals surface area contributed by atoms with Crippen LogP contribution in [0.25, 0.3) is 11.1 Å². The Hall–Kier alpha value is -3.39. The normalized spacial score (nSPS) is 21.0. The van der Waals surface area contributed by atoms with Crippen molar-refractivity contribution >= 4 is 18.0 Å². The number of amides is 2. The molecule has 2 unspecified atom stereocenters. The van der Waals surface area contributed by atoms with E-state index < -0.39 is 24.2 Å². The van der Waals surface area contributed by atoms with Gasteiger partial charge in [-0.1, -0.05) is 68.3 Å². The summed E-state index contributed by atoms with van der Waals surface area (Å²) in [5.41, 5.74) is 3.49. The molecule has 2 aliphatic carbocycles. The van der Waals surface area contributed by atoms with Crippen LogP contribution in [0.3, 0.4) is 0 Å². The lowest BCUT2D eigenvalue weighted by atomic mass is 9.75. The van der Waals surface area contributed by atoms with Crippen LogP contribution in [0.4, 0.5) is 4.79 Å². The second-order valence-electron chi connectivity index (χ2n) is 9.44. The summed E-state index contributed by atoms with van der Waals surface area (Å²) < 4.78 is 10.7. The number of carboxylic acids is 1. The van der Waals surface area contributed by atoms with Crippen molar-refractivity contribution in [2.45, 2.75) is 44.1 Å². The van der Waals surface area contributed by atoms with Gasteiger partial charge < -0.3 is 25.2 Å². The Kier molecular flexibility index (Phi) is 7.70. The number of nitrogens with one attached hydrogen (secondary N) is 2. The topological polar surface area (TPSA) is 114 Å². The number of ether oxygens (including phenoxy) is 2. The molecular formula is C27H32N2O6. The van der Waals surface area contributed by atoms with Crippen molar-refractivity contribution in [3.05, 3.63) is 59.7 Å². The van der Waals surface area contributed by atoms with E-state index in [0.717, 1.165) is 35.1 Å². The van der Waals surface area contributed by atoms with Crippen molar-refractivity contribution in [3.8, 4) is 11.1 Å². The molecule has 0 radical (unpaired) electrons. The molecule has 3 N–H and O–H groups in total. The summed E-state index contributed by atoms with van der Waals surface area (Å²) in [5, 5.41) is 14.3. The molecule has 0 spiro atoms. The number of carbonyl (C=O) groups excluding carboxylic acids is 2. The quantitative estimate of drug-likeness (QED) is 0.472. The third-order valence-corrected chi connectivity index (χ3v) is 6.87. The summed E-state index contributed by atoms with van der Waals surface area (Å²) in [7, 11) is 0. The van der Waals surface area contributed by atoms with Crippen LogP contribution in [0.2, 0.25) is 0 Å². The van der Waals surface area contributed by atoms with E-state index >= 15 is 0 Å². The van der Waals surface area contributed by atoms with E-state index in [1.807, 2.05) is 24.3 Å². The molecule has 1 saturated carbocycles. The first-order valence-electron chi connectivity index (χ1n) is 12.1. The van der Waals surface area contributed by atoms with Gasteiger partial charge in [0.2, 0.25) is 5.91 Å². The number of carboxylic acid groups (broad SMARTS) is 1. The Morgan fingerprint density at radius 3 is 2.34 bits per heavy atom. The van der Waals surface area contributed by atoms with E-state index in [1.165, 1.54) is 0 Å². The van der Waals surface area contributed by atoms with Crippen LogP contribution in [0, 0.1) is 5.92 Å². The molecule has 0 heterocycles. The number of hydrogen-bond acceptors (Lipinski definition) is 5. The zero-order valence-corrected chi connectivity index (χ0v) is 19.9. The summed E-state index contributed by atoms with van der Waals surface area (Å²) in [6.07, 6.45) is 2.22. The molecule has 35 heavy (non-hydrogen) atoms. The van der Waals surface area contributed by atoms with Gasteiger partial charge in [-0.05, 0) is 41.0 Å². The fourth-order valence-electron chi connectivity index (χ4n) is 5.32. The molecular weight excluding hydrogens is 448 g/mol. The smallest absolute Gasteiger partial charge is 0.408 e. The second kappa shape index (κ2) is 10.9. The Labute approximate surface area is 205 Å². The lowest BCUT2D eigenvalue weighted by Gasteiger charge is -2.39. The lowest BCUT2D eigenvalue weighted by molar-refractivity contribution is -0.142. The average Bonchev–Trinajstić information content (AvgIpc) is 3.16. The number of rotatable bonds is 9. The standard InChI is InChI=1S/C27H32N2O6/c1-18-7-6-12-27(15-18,25(32)28-13-14-34-17-24(30)31)29-26(33)35-16-23-21-10-4-2-8-19(21)20-9-3-5-11-22(20)23/h2-5,8-11,18,23H,6-7,12-17H2,1H3,(H,28,32)(H,29,33)(H,30,31). The van der Waals surface area contributed by atoms with Crippen molar-refractivity contribution < 1.29 is 29.0 Å².